The average molecular weight is 892 g/mol. The van der Waals surface area contributed by atoms with Crippen LogP contribution in [0.15, 0.2) is 91.0 Å². The zero-order valence-corrected chi connectivity index (χ0v) is 39.5. The average Bonchev–Trinajstić information content (AvgIpc) is 3.66. The first kappa shape index (κ1) is 50.0. The number of carbonyl (C=O) groups excluding carboxylic acids is 7. The summed E-state index contributed by atoms with van der Waals surface area (Å²) in [7, 11) is 3.05. The third kappa shape index (κ3) is 13.0. The number of nitrogens with one attached hydrogen (secondary N) is 4. The maximum atomic E-state index is 14.9. The molecule has 2 aliphatic rings. The van der Waals surface area contributed by atoms with Crippen LogP contribution in [0.2, 0.25) is 0 Å². The predicted octanol–water partition coefficient (Wildman–Crippen LogP) is 4.06. The van der Waals surface area contributed by atoms with E-state index < -0.39 is 83.1 Å². The maximum Gasteiger partial charge on any atom is 0.246 e. The Hall–Kier alpha value is -6.05. The van der Waals surface area contributed by atoms with Gasteiger partial charge in [0.25, 0.3) is 0 Å². The van der Waals surface area contributed by atoms with Crippen molar-refractivity contribution in [1.29, 1.82) is 0 Å². The van der Waals surface area contributed by atoms with Crippen molar-refractivity contribution in [2.45, 2.75) is 129 Å². The summed E-state index contributed by atoms with van der Waals surface area (Å²) in [4.78, 5) is 107. The monoisotopic (exact) mass is 892 g/mol. The molecule has 4 N–H and O–H groups in total. The summed E-state index contributed by atoms with van der Waals surface area (Å²) in [6.45, 7) is 13.0. The Labute approximate surface area is 384 Å². The molecule has 2 saturated heterocycles. The summed E-state index contributed by atoms with van der Waals surface area (Å²) in [6, 6.07) is 21.0. The van der Waals surface area contributed by atoms with E-state index in [9.17, 15) is 33.6 Å². The molecule has 5 rings (SSSR count). The van der Waals surface area contributed by atoms with Crippen LogP contribution in [-0.4, -0.2) is 118 Å². The molecule has 2 aliphatic heterocycles. The van der Waals surface area contributed by atoms with Crippen LogP contribution < -0.4 is 21.3 Å². The number of fused-ring (bicyclic) bond motifs is 1. The van der Waals surface area contributed by atoms with Crippen molar-refractivity contribution < 1.29 is 33.6 Å². The van der Waals surface area contributed by atoms with E-state index >= 15 is 0 Å². The fourth-order valence-corrected chi connectivity index (χ4v) is 8.79. The lowest BCUT2D eigenvalue weighted by Gasteiger charge is -2.37. The molecule has 14 nitrogen and oxygen atoms in total. The van der Waals surface area contributed by atoms with Gasteiger partial charge in [0.2, 0.25) is 41.4 Å². The first-order chi connectivity index (χ1) is 30.8. The number of amides is 7. The van der Waals surface area contributed by atoms with E-state index in [1.54, 1.807) is 7.05 Å². The fraction of sp³-hybridized carbons (Fsp3) is 0.510. The Balaban J connectivity index is 1.65. The zero-order valence-electron chi connectivity index (χ0n) is 39.5. The van der Waals surface area contributed by atoms with Crippen molar-refractivity contribution >= 4 is 41.4 Å². The largest absolute Gasteiger partial charge is 0.342 e. The van der Waals surface area contributed by atoms with Gasteiger partial charge in [0.15, 0.2) is 0 Å². The van der Waals surface area contributed by atoms with E-state index in [1.165, 1.54) is 35.6 Å². The maximum absolute atomic E-state index is 14.9. The van der Waals surface area contributed by atoms with Crippen LogP contribution in [-0.2, 0) is 52.8 Å². The quantitative estimate of drug-likeness (QED) is 0.237. The minimum Gasteiger partial charge on any atom is -0.342 e. The van der Waals surface area contributed by atoms with E-state index in [-0.39, 0.29) is 56.4 Å². The normalized spacial score (nSPS) is 25.4. The lowest BCUT2D eigenvalue weighted by molar-refractivity contribution is -0.150. The summed E-state index contributed by atoms with van der Waals surface area (Å²) < 4.78 is 0. The molecule has 3 aromatic carbocycles. The summed E-state index contributed by atoms with van der Waals surface area (Å²) in [6.07, 6.45) is 1.25. The van der Waals surface area contributed by atoms with E-state index in [2.05, 4.69) is 21.3 Å². The van der Waals surface area contributed by atoms with Gasteiger partial charge in [-0.2, -0.15) is 0 Å². The molecule has 65 heavy (non-hydrogen) atoms. The number of likely N-dealkylation sites (N-methyl/N-ethyl adjacent to an activating group) is 2. The summed E-state index contributed by atoms with van der Waals surface area (Å²) >= 11 is 0. The van der Waals surface area contributed by atoms with Gasteiger partial charge < -0.3 is 36.0 Å². The van der Waals surface area contributed by atoms with Crippen molar-refractivity contribution in [2.75, 3.05) is 20.6 Å². The highest BCUT2D eigenvalue weighted by atomic mass is 16.2. The highest BCUT2D eigenvalue weighted by molar-refractivity contribution is 5.99. The van der Waals surface area contributed by atoms with Crippen molar-refractivity contribution in [3.8, 4) is 0 Å². The second-order valence-electron chi connectivity index (χ2n) is 19.3. The molecule has 0 aromatic heterocycles. The highest BCUT2D eigenvalue weighted by Crippen LogP contribution is 2.29. The van der Waals surface area contributed by atoms with Crippen LogP contribution in [0.4, 0.5) is 0 Å². The predicted molar refractivity (Wildman–Crippen MR) is 250 cm³/mol. The fourth-order valence-electron chi connectivity index (χ4n) is 8.79. The van der Waals surface area contributed by atoms with Crippen LogP contribution in [0.5, 0.6) is 0 Å². The van der Waals surface area contributed by atoms with Gasteiger partial charge in [-0.25, -0.2) is 0 Å². The van der Waals surface area contributed by atoms with Crippen LogP contribution in [0.3, 0.4) is 0 Å². The van der Waals surface area contributed by atoms with Gasteiger partial charge in [-0.1, -0.05) is 126 Å². The number of nitrogens with zero attached hydrogens (tertiary/aromatic N) is 3. The summed E-state index contributed by atoms with van der Waals surface area (Å²) in [5, 5.41) is 11.7. The molecule has 0 aliphatic carbocycles. The molecule has 3 aromatic rings. The van der Waals surface area contributed by atoms with Gasteiger partial charge in [0.05, 0.1) is 0 Å². The molecule has 350 valence electrons. The number of hydrogen-bond donors (Lipinski definition) is 4. The molecule has 14 heteroatoms. The molecule has 2 heterocycles. The molecule has 0 saturated carbocycles. The number of carbonyl (C=O) groups is 7. The number of hydrogen-bond acceptors (Lipinski definition) is 7. The van der Waals surface area contributed by atoms with E-state index in [4.69, 9.17) is 0 Å². The van der Waals surface area contributed by atoms with Gasteiger partial charge in [0, 0.05) is 39.9 Å². The molecular formula is C51H69N7O7. The Bertz CT molecular complexity index is 2130. The SMILES string of the molecule is CC(C)C[C@@H]1NC(=O)[C@@H](Cc2ccccc2)NC(=O)[C@@H](Cc2ccccc2)N(C)C(=O)[C@@H](Cc2ccccc2)NC(=O)C(C)(C)NC(=O)[C@@H](CC(C)C)N(C)C(=O)[C@@H]2[C@@H](C)CCN2C1=O. The molecule has 7 atom stereocenters. The Morgan fingerprint density at radius 1 is 0.554 bits per heavy atom. The molecule has 0 bridgehead atoms. The Morgan fingerprint density at radius 2 is 1.03 bits per heavy atom. The zero-order chi connectivity index (χ0) is 47.6. The van der Waals surface area contributed by atoms with Gasteiger partial charge in [0.1, 0.15) is 41.8 Å². The third-order valence-corrected chi connectivity index (χ3v) is 12.6. The topological polar surface area (TPSA) is 177 Å². The lowest BCUT2D eigenvalue weighted by Crippen LogP contribution is -2.63. The molecule has 0 radical (unpaired) electrons. The molecule has 2 fully saturated rings. The van der Waals surface area contributed by atoms with E-state index in [0.717, 1.165) is 16.7 Å². The number of rotatable bonds is 10. The summed E-state index contributed by atoms with van der Waals surface area (Å²) in [5.41, 5.74) is 0.673. The minimum atomic E-state index is -1.58. The van der Waals surface area contributed by atoms with Crippen molar-refractivity contribution in [2.24, 2.45) is 17.8 Å². The van der Waals surface area contributed by atoms with Crippen LogP contribution >= 0.6 is 0 Å². The Kier molecular flexibility index (Phi) is 17.1. The van der Waals surface area contributed by atoms with Crippen LogP contribution in [0.25, 0.3) is 0 Å². The minimum absolute atomic E-state index is 0.0378. The van der Waals surface area contributed by atoms with Crippen LogP contribution in [0.1, 0.15) is 84.4 Å². The lowest BCUT2D eigenvalue weighted by atomic mass is 9.95. The highest BCUT2D eigenvalue weighted by Gasteiger charge is 2.46. The molecule has 7 amide bonds. The Morgan fingerprint density at radius 3 is 1.55 bits per heavy atom. The standard InChI is InChI=1S/C51H69N7O7/c1-32(2)27-39-48(63)58-26-25-34(5)43(58)49(64)57(9)41(28-33(3)4)46(61)55-51(6,7)50(65)54-40(30-36-21-15-11-16-22-36)47(62)56(8)42(31-37-23-17-12-18-24-37)45(60)52-38(44(59)53-39)29-35-19-13-10-14-20-35/h10-24,32-34,38-43H,25-31H2,1-9H3,(H,52,60)(H,53,59)(H,54,65)(H,55,61)/t34-,38+,39-,40+,41+,42+,43-/m0/s1. The first-order valence-electron chi connectivity index (χ1n) is 23.0. The smallest absolute Gasteiger partial charge is 0.246 e. The van der Waals surface area contributed by atoms with Crippen LogP contribution in [0, 0.1) is 17.8 Å². The third-order valence-electron chi connectivity index (χ3n) is 12.6. The van der Waals surface area contributed by atoms with Gasteiger partial charge in [-0.05, 0) is 67.6 Å². The molecular weight excluding hydrogens is 823 g/mol. The van der Waals surface area contributed by atoms with Gasteiger partial charge in [-0.15, -0.1) is 0 Å². The van der Waals surface area contributed by atoms with Crippen molar-refractivity contribution in [3.63, 3.8) is 0 Å². The first-order valence-corrected chi connectivity index (χ1v) is 23.0. The van der Waals surface area contributed by atoms with E-state index in [1.807, 2.05) is 126 Å². The van der Waals surface area contributed by atoms with Crippen molar-refractivity contribution in [1.82, 2.24) is 36.0 Å². The van der Waals surface area contributed by atoms with Crippen molar-refractivity contribution in [3.05, 3.63) is 108 Å². The molecule has 0 spiro atoms. The summed E-state index contributed by atoms with van der Waals surface area (Å²) in [5.74, 6) is -4.22. The second kappa shape index (κ2) is 22.2. The second-order valence-corrected chi connectivity index (χ2v) is 19.3. The van der Waals surface area contributed by atoms with E-state index in [0.29, 0.717) is 6.42 Å². The number of benzene rings is 3. The molecule has 0 unspecified atom stereocenters. The van der Waals surface area contributed by atoms with Gasteiger partial charge in [-0.3, -0.25) is 33.6 Å². The van der Waals surface area contributed by atoms with Gasteiger partial charge >= 0.3 is 0 Å².